The van der Waals surface area contributed by atoms with Crippen LogP contribution in [0.1, 0.15) is 5.82 Å². The van der Waals surface area contributed by atoms with E-state index < -0.39 is 0 Å². The Labute approximate surface area is 105 Å². The molecule has 2 N–H and O–H groups in total. The van der Waals surface area contributed by atoms with Crippen molar-refractivity contribution in [3.8, 4) is 5.75 Å². The van der Waals surface area contributed by atoms with Gasteiger partial charge >= 0.3 is 0 Å². The van der Waals surface area contributed by atoms with Crippen LogP contribution < -0.4 is 10.5 Å². The Bertz CT molecular complexity index is 510. The van der Waals surface area contributed by atoms with Crippen LogP contribution in [0.3, 0.4) is 0 Å². The third-order valence-electron chi connectivity index (χ3n) is 2.50. The lowest BCUT2D eigenvalue weighted by molar-refractivity contribution is 0.297. The van der Waals surface area contributed by atoms with E-state index in [1.165, 1.54) is 0 Å². The lowest BCUT2D eigenvalue weighted by Crippen LogP contribution is -2.08. The van der Waals surface area contributed by atoms with Crippen molar-refractivity contribution in [3.63, 3.8) is 0 Å². The van der Waals surface area contributed by atoms with Gasteiger partial charge in [-0.1, -0.05) is 11.6 Å². The number of imidazole rings is 1. The zero-order valence-corrected chi connectivity index (χ0v) is 10.3. The quantitative estimate of drug-likeness (QED) is 0.850. The molecule has 0 saturated heterocycles. The molecule has 0 unspecified atom stereocenters. The van der Waals surface area contributed by atoms with Crippen molar-refractivity contribution in [2.75, 3.05) is 12.3 Å². The third kappa shape index (κ3) is 2.91. The third-order valence-corrected chi connectivity index (χ3v) is 2.82. The van der Waals surface area contributed by atoms with Crippen LogP contribution in [-0.4, -0.2) is 16.2 Å². The van der Waals surface area contributed by atoms with Gasteiger partial charge in [-0.3, -0.25) is 0 Å². The first-order valence-corrected chi connectivity index (χ1v) is 5.70. The topological polar surface area (TPSA) is 53.1 Å². The second kappa shape index (κ2) is 5.10. The summed E-state index contributed by atoms with van der Waals surface area (Å²) >= 11 is 5.90. The molecule has 0 saturated carbocycles. The first kappa shape index (κ1) is 11.8. The average Bonchev–Trinajstić information content (AvgIpc) is 2.70. The number of anilines is 1. The van der Waals surface area contributed by atoms with Crippen LogP contribution in [-0.2, 0) is 6.54 Å². The molecule has 0 aliphatic carbocycles. The Kier molecular flexibility index (Phi) is 3.54. The summed E-state index contributed by atoms with van der Waals surface area (Å²) in [6.07, 6.45) is 3.70. The van der Waals surface area contributed by atoms with E-state index in [4.69, 9.17) is 22.1 Å². The van der Waals surface area contributed by atoms with Crippen LogP contribution in [0.25, 0.3) is 0 Å². The lowest BCUT2D eigenvalue weighted by Gasteiger charge is -2.08. The first-order chi connectivity index (χ1) is 8.16. The largest absolute Gasteiger partial charge is 0.492 e. The Morgan fingerprint density at radius 1 is 1.47 bits per heavy atom. The van der Waals surface area contributed by atoms with Crippen LogP contribution in [0.4, 0.5) is 5.69 Å². The minimum atomic E-state index is 0.515. The van der Waals surface area contributed by atoms with Crippen molar-refractivity contribution in [3.05, 3.63) is 41.4 Å². The zero-order valence-electron chi connectivity index (χ0n) is 9.56. The van der Waals surface area contributed by atoms with E-state index in [1.807, 2.05) is 23.8 Å². The van der Waals surface area contributed by atoms with Gasteiger partial charge in [0.1, 0.15) is 18.2 Å². The molecule has 1 aromatic heterocycles. The van der Waals surface area contributed by atoms with Gasteiger partial charge in [0, 0.05) is 18.5 Å². The molecule has 1 heterocycles. The molecule has 0 aliphatic rings. The summed E-state index contributed by atoms with van der Waals surface area (Å²) in [4.78, 5) is 4.14. The van der Waals surface area contributed by atoms with Crippen LogP contribution in [0.15, 0.2) is 30.6 Å². The molecule has 5 heteroatoms. The smallest absolute Gasteiger partial charge is 0.121 e. The molecule has 2 rings (SSSR count). The maximum absolute atomic E-state index is 5.90. The lowest BCUT2D eigenvalue weighted by atomic mass is 10.3. The summed E-state index contributed by atoms with van der Waals surface area (Å²) in [6.45, 7) is 3.28. The summed E-state index contributed by atoms with van der Waals surface area (Å²) in [5, 5.41) is 0.515. The summed E-state index contributed by atoms with van der Waals surface area (Å²) in [5.74, 6) is 1.70. The number of benzene rings is 1. The number of nitrogens with zero attached hydrogens (tertiary/aromatic N) is 2. The molecule has 17 heavy (non-hydrogen) atoms. The second-order valence-electron chi connectivity index (χ2n) is 3.70. The fourth-order valence-electron chi connectivity index (χ4n) is 1.50. The molecule has 0 fully saturated rings. The summed E-state index contributed by atoms with van der Waals surface area (Å²) in [7, 11) is 0. The van der Waals surface area contributed by atoms with Crippen molar-refractivity contribution in [1.82, 2.24) is 9.55 Å². The van der Waals surface area contributed by atoms with Gasteiger partial charge in [0.2, 0.25) is 0 Å². The highest BCUT2D eigenvalue weighted by Gasteiger charge is 2.00. The number of hydrogen-bond donors (Lipinski definition) is 1. The number of aromatic nitrogens is 2. The number of rotatable bonds is 4. The number of hydrogen-bond acceptors (Lipinski definition) is 3. The van der Waals surface area contributed by atoms with Gasteiger partial charge in [-0.05, 0) is 19.1 Å². The standard InChI is InChI=1S/C12H14ClN3O/c1-9-15-4-5-16(9)6-7-17-10-2-3-12(14)11(13)8-10/h2-5,8H,6-7,14H2,1H3. The molecule has 2 aromatic rings. The Morgan fingerprint density at radius 3 is 2.94 bits per heavy atom. The van der Waals surface area contributed by atoms with Crippen LogP contribution in [0, 0.1) is 6.92 Å². The fraction of sp³-hybridized carbons (Fsp3) is 0.250. The van der Waals surface area contributed by atoms with Crippen molar-refractivity contribution in [2.24, 2.45) is 0 Å². The van der Waals surface area contributed by atoms with Crippen molar-refractivity contribution < 1.29 is 4.74 Å². The summed E-state index contributed by atoms with van der Waals surface area (Å²) < 4.78 is 7.61. The molecule has 0 radical (unpaired) electrons. The predicted octanol–water partition coefficient (Wildman–Crippen LogP) is 2.51. The Hall–Kier alpha value is -1.68. The van der Waals surface area contributed by atoms with Gasteiger partial charge in [0.25, 0.3) is 0 Å². The maximum atomic E-state index is 5.90. The van der Waals surface area contributed by atoms with Crippen LogP contribution in [0.5, 0.6) is 5.75 Å². The predicted molar refractivity (Wildman–Crippen MR) is 68.3 cm³/mol. The van der Waals surface area contributed by atoms with Crippen LogP contribution in [0.2, 0.25) is 5.02 Å². The highest BCUT2D eigenvalue weighted by molar-refractivity contribution is 6.33. The normalized spacial score (nSPS) is 10.5. The van der Waals surface area contributed by atoms with E-state index in [0.29, 0.717) is 17.3 Å². The number of nitrogen functional groups attached to an aromatic ring is 1. The monoisotopic (exact) mass is 251 g/mol. The molecule has 0 spiro atoms. The molecular weight excluding hydrogens is 238 g/mol. The van der Waals surface area contributed by atoms with Gasteiger partial charge < -0.3 is 15.0 Å². The van der Waals surface area contributed by atoms with Crippen LogP contribution >= 0.6 is 11.6 Å². The number of halogens is 1. The van der Waals surface area contributed by atoms with Crippen molar-refractivity contribution >= 4 is 17.3 Å². The summed E-state index contributed by atoms with van der Waals surface area (Å²) in [6, 6.07) is 5.26. The second-order valence-corrected chi connectivity index (χ2v) is 4.11. The molecule has 0 atom stereocenters. The SMILES string of the molecule is Cc1nccn1CCOc1ccc(N)c(Cl)c1. The molecule has 4 nitrogen and oxygen atoms in total. The molecule has 0 amide bonds. The van der Waals surface area contributed by atoms with Crippen molar-refractivity contribution in [2.45, 2.75) is 13.5 Å². The minimum Gasteiger partial charge on any atom is -0.492 e. The average molecular weight is 252 g/mol. The van der Waals surface area contributed by atoms with E-state index in [-0.39, 0.29) is 0 Å². The van der Waals surface area contributed by atoms with E-state index in [9.17, 15) is 0 Å². The number of nitrogens with two attached hydrogens (primary N) is 1. The minimum absolute atomic E-state index is 0.515. The highest BCUT2D eigenvalue weighted by Crippen LogP contribution is 2.23. The molecule has 1 aromatic carbocycles. The zero-order chi connectivity index (χ0) is 12.3. The number of aryl methyl sites for hydroxylation is 1. The molecule has 0 bridgehead atoms. The highest BCUT2D eigenvalue weighted by atomic mass is 35.5. The maximum Gasteiger partial charge on any atom is 0.121 e. The van der Waals surface area contributed by atoms with E-state index in [2.05, 4.69) is 4.98 Å². The van der Waals surface area contributed by atoms with E-state index in [1.54, 1.807) is 18.3 Å². The number of ether oxygens (including phenoxy) is 1. The van der Waals surface area contributed by atoms with Gasteiger partial charge in [-0.15, -0.1) is 0 Å². The van der Waals surface area contributed by atoms with E-state index >= 15 is 0 Å². The summed E-state index contributed by atoms with van der Waals surface area (Å²) in [5.41, 5.74) is 6.17. The Balaban J connectivity index is 1.90. The van der Waals surface area contributed by atoms with Gasteiger partial charge in [-0.25, -0.2) is 4.98 Å². The van der Waals surface area contributed by atoms with Crippen molar-refractivity contribution in [1.29, 1.82) is 0 Å². The van der Waals surface area contributed by atoms with Gasteiger partial charge in [0.05, 0.1) is 17.3 Å². The molecular formula is C12H14ClN3O. The molecule has 90 valence electrons. The first-order valence-electron chi connectivity index (χ1n) is 5.32. The fourth-order valence-corrected chi connectivity index (χ4v) is 1.67. The molecule has 0 aliphatic heterocycles. The van der Waals surface area contributed by atoms with Gasteiger partial charge in [0.15, 0.2) is 0 Å². The van der Waals surface area contributed by atoms with Gasteiger partial charge in [-0.2, -0.15) is 0 Å². The van der Waals surface area contributed by atoms with E-state index in [0.717, 1.165) is 18.1 Å². The Morgan fingerprint density at radius 2 is 2.29 bits per heavy atom.